The molecule has 0 aliphatic heterocycles. The van der Waals surface area contributed by atoms with Crippen molar-refractivity contribution in [1.29, 1.82) is 0 Å². The van der Waals surface area contributed by atoms with E-state index in [1.807, 2.05) is 0 Å². The first-order valence-electron chi connectivity index (χ1n) is 3.52. The predicted octanol–water partition coefficient (Wildman–Crippen LogP) is 0.821. The molecule has 0 bridgehead atoms. The second-order valence-corrected chi connectivity index (χ2v) is 3.86. The fourth-order valence-corrected chi connectivity index (χ4v) is 1.46. The fourth-order valence-electron chi connectivity index (χ4n) is 0.487. The van der Waals surface area contributed by atoms with E-state index in [9.17, 15) is 4.79 Å². The van der Waals surface area contributed by atoms with Crippen molar-refractivity contribution in [3.8, 4) is 0 Å². The number of hydrogen-bond acceptors (Lipinski definition) is 3. The van der Waals surface area contributed by atoms with Crippen LogP contribution in [0.1, 0.15) is 13.8 Å². The molecule has 0 aliphatic rings. The van der Waals surface area contributed by atoms with Crippen LogP contribution in [0.15, 0.2) is 0 Å². The lowest BCUT2D eigenvalue weighted by Gasteiger charge is -2.06. The van der Waals surface area contributed by atoms with Crippen molar-refractivity contribution in [2.45, 2.75) is 20.0 Å². The lowest BCUT2D eigenvalue weighted by Crippen LogP contribution is -2.22. The highest BCUT2D eigenvalue weighted by atomic mass is 32.2. The molecule has 0 spiro atoms. The summed E-state index contributed by atoms with van der Waals surface area (Å²) in [6, 6.07) is 0. The molecule has 4 heteroatoms. The van der Waals surface area contributed by atoms with Crippen molar-refractivity contribution in [2.75, 3.05) is 11.5 Å². The Bertz CT molecular complexity index is 125. The number of carboxylic acids is 1. The number of aliphatic hydroxyl groups is 1. The molecule has 0 amide bonds. The maximum Gasteiger partial charge on any atom is 0.333 e. The molecule has 0 heterocycles. The third kappa shape index (κ3) is 6.19. The molecule has 0 rings (SSSR count). The molecule has 66 valence electrons. The van der Waals surface area contributed by atoms with Crippen LogP contribution in [0.5, 0.6) is 0 Å². The maximum absolute atomic E-state index is 10.1. The van der Waals surface area contributed by atoms with Crippen LogP contribution < -0.4 is 0 Å². The Kier molecular flexibility index (Phi) is 5.32. The summed E-state index contributed by atoms with van der Waals surface area (Å²) in [4.78, 5) is 10.1. The highest BCUT2D eigenvalue weighted by Crippen LogP contribution is 2.08. The van der Waals surface area contributed by atoms with Crippen molar-refractivity contribution in [2.24, 2.45) is 5.92 Å². The van der Waals surface area contributed by atoms with Crippen LogP contribution in [0.25, 0.3) is 0 Å². The molecular weight excluding hydrogens is 164 g/mol. The topological polar surface area (TPSA) is 57.5 Å². The summed E-state index contributed by atoms with van der Waals surface area (Å²) in [5.74, 6) is 0.583. The summed E-state index contributed by atoms with van der Waals surface area (Å²) in [5.41, 5.74) is 0. The highest BCUT2D eigenvalue weighted by molar-refractivity contribution is 7.99. The lowest BCUT2D eigenvalue weighted by atomic mass is 10.3. The first-order chi connectivity index (χ1) is 5.04. The quantitative estimate of drug-likeness (QED) is 0.654. The number of thioether (sulfide) groups is 1. The van der Waals surface area contributed by atoms with Crippen LogP contribution in [0.4, 0.5) is 0 Å². The van der Waals surface area contributed by atoms with E-state index >= 15 is 0 Å². The third-order valence-corrected chi connectivity index (χ3v) is 2.47. The summed E-state index contributed by atoms with van der Waals surface area (Å²) >= 11 is 1.47. The van der Waals surface area contributed by atoms with Gasteiger partial charge in [0.05, 0.1) is 0 Å². The van der Waals surface area contributed by atoms with E-state index in [0.717, 1.165) is 5.75 Å². The largest absolute Gasteiger partial charge is 0.479 e. The van der Waals surface area contributed by atoms with Crippen molar-refractivity contribution < 1.29 is 15.0 Å². The van der Waals surface area contributed by atoms with Crippen LogP contribution in [-0.2, 0) is 4.79 Å². The number of carbonyl (C=O) groups is 1. The monoisotopic (exact) mass is 178 g/mol. The second-order valence-electron chi connectivity index (χ2n) is 2.79. The van der Waals surface area contributed by atoms with Gasteiger partial charge in [-0.2, -0.15) is 11.8 Å². The van der Waals surface area contributed by atoms with Crippen molar-refractivity contribution in [3.05, 3.63) is 0 Å². The van der Waals surface area contributed by atoms with Gasteiger partial charge in [-0.05, 0) is 11.7 Å². The summed E-state index contributed by atoms with van der Waals surface area (Å²) in [5, 5.41) is 17.1. The molecular formula is C7H14O3S. The first-order valence-corrected chi connectivity index (χ1v) is 4.68. The second kappa shape index (κ2) is 5.43. The summed E-state index contributed by atoms with van der Waals surface area (Å²) in [7, 11) is 0. The Morgan fingerprint density at radius 2 is 2.00 bits per heavy atom. The van der Waals surface area contributed by atoms with Gasteiger partial charge < -0.3 is 10.2 Å². The van der Waals surface area contributed by atoms with E-state index in [-0.39, 0.29) is 5.75 Å². The van der Waals surface area contributed by atoms with Crippen molar-refractivity contribution in [3.63, 3.8) is 0 Å². The lowest BCUT2D eigenvalue weighted by molar-refractivity contribution is -0.145. The molecule has 11 heavy (non-hydrogen) atoms. The van der Waals surface area contributed by atoms with Gasteiger partial charge in [0.15, 0.2) is 6.10 Å². The van der Waals surface area contributed by atoms with Gasteiger partial charge >= 0.3 is 5.97 Å². The zero-order chi connectivity index (χ0) is 8.85. The van der Waals surface area contributed by atoms with Gasteiger partial charge in [-0.3, -0.25) is 0 Å². The van der Waals surface area contributed by atoms with Crippen molar-refractivity contribution in [1.82, 2.24) is 0 Å². The van der Waals surface area contributed by atoms with Crippen LogP contribution in [-0.4, -0.2) is 33.8 Å². The molecule has 0 fully saturated rings. The molecule has 0 saturated heterocycles. The average Bonchev–Trinajstić information content (AvgIpc) is 1.86. The van der Waals surface area contributed by atoms with Gasteiger partial charge in [0.25, 0.3) is 0 Å². The van der Waals surface area contributed by atoms with Crippen molar-refractivity contribution >= 4 is 17.7 Å². The minimum atomic E-state index is -1.21. The van der Waals surface area contributed by atoms with E-state index < -0.39 is 12.1 Å². The van der Waals surface area contributed by atoms with E-state index in [1.165, 1.54) is 11.8 Å². The maximum atomic E-state index is 10.1. The van der Waals surface area contributed by atoms with Crippen LogP contribution in [0.2, 0.25) is 0 Å². The minimum absolute atomic E-state index is 0.285. The van der Waals surface area contributed by atoms with Crippen LogP contribution in [0, 0.1) is 5.92 Å². The van der Waals surface area contributed by atoms with Gasteiger partial charge in [-0.1, -0.05) is 13.8 Å². The number of hydrogen-bond donors (Lipinski definition) is 2. The average molecular weight is 178 g/mol. The Labute approximate surface area is 70.8 Å². The van der Waals surface area contributed by atoms with Gasteiger partial charge in [-0.25, -0.2) is 4.79 Å². The molecule has 1 atom stereocenters. The predicted molar refractivity (Wildman–Crippen MR) is 45.8 cm³/mol. The normalized spacial score (nSPS) is 13.5. The van der Waals surface area contributed by atoms with Gasteiger partial charge in [-0.15, -0.1) is 0 Å². The third-order valence-electron chi connectivity index (χ3n) is 1.01. The standard InChI is InChI=1S/C7H14O3S/c1-5(2)3-11-4-6(8)7(9)10/h5-6,8H,3-4H2,1-2H3,(H,9,10)/t6-/m0/s1. The Morgan fingerprint density at radius 1 is 1.45 bits per heavy atom. The molecule has 2 N–H and O–H groups in total. The van der Waals surface area contributed by atoms with E-state index in [2.05, 4.69) is 13.8 Å². The smallest absolute Gasteiger partial charge is 0.333 e. The molecule has 3 nitrogen and oxygen atoms in total. The SMILES string of the molecule is CC(C)CSC[C@H](O)C(=O)O. The molecule has 0 aromatic heterocycles. The number of carboxylic acid groups (broad SMARTS) is 1. The van der Waals surface area contributed by atoms with Gasteiger partial charge in [0.1, 0.15) is 0 Å². The molecule has 0 aliphatic carbocycles. The fraction of sp³-hybridized carbons (Fsp3) is 0.857. The van der Waals surface area contributed by atoms with Gasteiger partial charge in [0.2, 0.25) is 0 Å². The van der Waals surface area contributed by atoms with E-state index in [1.54, 1.807) is 0 Å². The summed E-state index contributed by atoms with van der Waals surface area (Å²) in [6.45, 7) is 4.11. The Morgan fingerprint density at radius 3 is 2.36 bits per heavy atom. The van der Waals surface area contributed by atoms with E-state index in [4.69, 9.17) is 10.2 Å². The van der Waals surface area contributed by atoms with E-state index in [0.29, 0.717) is 5.92 Å². The molecule has 0 aromatic rings. The van der Waals surface area contributed by atoms with Gasteiger partial charge in [0, 0.05) is 5.75 Å². The Hall–Kier alpha value is -0.220. The summed E-state index contributed by atoms with van der Waals surface area (Å²) in [6.07, 6.45) is -1.21. The molecule has 0 unspecified atom stereocenters. The minimum Gasteiger partial charge on any atom is -0.479 e. The Balaban J connectivity index is 3.31. The number of aliphatic hydroxyl groups excluding tert-OH is 1. The molecule has 0 aromatic carbocycles. The molecule has 0 saturated carbocycles. The van der Waals surface area contributed by atoms with Crippen LogP contribution >= 0.6 is 11.8 Å². The first kappa shape index (κ1) is 10.8. The summed E-state index contributed by atoms with van der Waals surface area (Å²) < 4.78 is 0. The number of rotatable bonds is 5. The van der Waals surface area contributed by atoms with Crippen LogP contribution in [0.3, 0.4) is 0 Å². The number of aliphatic carboxylic acids is 1. The zero-order valence-electron chi connectivity index (χ0n) is 6.78. The zero-order valence-corrected chi connectivity index (χ0v) is 7.60. The molecule has 0 radical (unpaired) electrons. The highest BCUT2D eigenvalue weighted by Gasteiger charge is 2.12.